The molecule has 1 fully saturated rings. The van der Waals surface area contributed by atoms with Crippen LogP contribution in [0.15, 0.2) is 12.2 Å². The Bertz CT molecular complexity index is 284. The van der Waals surface area contributed by atoms with Crippen molar-refractivity contribution >= 4 is 5.91 Å². The summed E-state index contributed by atoms with van der Waals surface area (Å²) in [5.41, 5.74) is 6.94. The molecule has 0 aliphatic heterocycles. The first kappa shape index (κ1) is 15.2. The van der Waals surface area contributed by atoms with Crippen LogP contribution in [0.4, 0.5) is 0 Å². The Balaban J connectivity index is 2.11. The van der Waals surface area contributed by atoms with Gasteiger partial charge in [-0.2, -0.15) is 0 Å². The average molecular weight is 254 g/mol. The highest BCUT2D eigenvalue weighted by Crippen LogP contribution is 2.28. The number of rotatable bonds is 7. The minimum atomic E-state index is -0.277. The lowest BCUT2D eigenvalue weighted by molar-refractivity contribution is -0.122. The fourth-order valence-corrected chi connectivity index (χ4v) is 2.32. The highest BCUT2D eigenvalue weighted by molar-refractivity contribution is 5.77. The summed E-state index contributed by atoms with van der Waals surface area (Å²) in [5, 5.41) is 2.86. The monoisotopic (exact) mass is 254 g/mol. The van der Waals surface area contributed by atoms with E-state index in [2.05, 4.69) is 11.9 Å². The topological polar surface area (TPSA) is 64.3 Å². The number of nitrogens with one attached hydrogen (secondary N) is 1. The Labute approximate surface area is 110 Å². The summed E-state index contributed by atoms with van der Waals surface area (Å²) in [5.74, 6) is 0.0401. The summed E-state index contributed by atoms with van der Waals surface area (Å²) in [4.78, 5) is 11.7. The third-order valence-electron chi connectivity index (χ3n) is 3.28. The van der Waals surface area contributed by atoms with Gasteiger partial charge in [0.05, 0.1) is 13.2 Å². The van der Waals surface area contributed by atoms with Crippen molar-refractivity contribution in [3.05, 3.63) is 12.2 Å². The number of amides is 1. The van der Waals surface area contributed by atoms with Gasteiger partial charge in [0.1, 0.15) is 0 Å². The van der Waals surface area contributed by atoms with Crippen molar-refractivity contribution in [1.82, 2.24) is 5.32 Å². The van der Waals surface area contributed by atoms with E-state index in [0.717, 1.165) is 31.3 Å². The molecule has 4 heteroatoms. The molecule has 0 radical (unpaired) electrons. The second-order valence-corrected chi connectivity index (χ2v) is 5.46. The highest BCUT2D eigenvalue weighted by atomic mass is 16.5. The Hall–Kier alpha value is -0.870. The zero-order valence-corrected chi connectivity index (χ0v) is 11.5. The lowest BCUT2D eigenvalue weighted by Gasteiger charge is -2.32. The average Bonchev–Trinajstić information content (AvgIpc) is 2.28. The number of nitrogens with two attached hydrogens (primary N) is 1. The predicted molar refractivity (Wildman–Crippen MR) is 73.3 cm³/mol. The molecule has 1 aliphatic carbocycles. The summed E-state index contributed by atoms with van der Waals surface area (Å²) < 4.78 is 5.32. The predicted octanol–water partition coefficient (Wildman–Crippen LogP) is 1.75. The Kier molecular flexibility index (Phi) is 6.36. The molecule has 104 valence electrons. The summed E-state index contributed by atoms with van der Waals surface area (Å²) >= 11 is 0. The molecule has 0 aromatic carbocycles. The van der Waals surface area contributed by atoms with Crippen LogP contribution < -0.4 is 11.1 Å². The molecule has 3 N–H and O–H groups in total. The fourth-order valence-electron chi connectivity index (χ4n) is 2.32. The van der Waals surface area contributed by atoms with Crippen LogP contribution in [0.1, 0.15) is 45.4 Å². The number of carbonyl (C=O) groups excluding carboxylic acids is 1. The van der Waals surface area contributed by atoms with Crippen LogP contribution in [0.5, 0.6) is 0 Å². The normalized spacial score (nSPS) is 18.3. The molecule has 0 atom stereocenters. The molecule has 1 saturated carbocycles. The molecule has 0 saturated heterocycles. The maximum absolute atomic E-state index is 11.7. The van der Waals surface area contributed by atoms with Gasteiger partial charge in [-0.25, -0.2) is 0 Å². The van der Waals surface area contributed by atoms with Crippen molar-refractivity contribution < 1.29 is 9.53 Å². The lowest BCUT2D eigenvalue weighted by atomic mass is 9.80. The van der Waals surface area contributed by atoms with E-state index in [1.165, 1.54) is 6.42 Å². The van der Waals surface area contributed by atoms with Crippen LogP contribution >= 0.6 is 0 Å². The largest absolute Gasteiger partial charge is 0.375 e. The standard InChI is InChI=1S/C14H26N2O2/c1-12(2)11-18-9-8-16-13(17)10-14(15)6-4-3-5-7-14/h1,3-11,15H2,2H3,(H,16,17). The smallest absolute Gasteiger partial charge is 0.221 e. The molecule has 1 rings (SSSR count). The van der Waals surface area contributed by atoms with Crippen molar-refractivity contribution in [2.45, 2.75) is 51.0 Å². The van der Waals surface area contributed by atoms with Crippen LogP contribution in [-0.2, 0) is 9.53 Å². The first-order valence-corrected chi connectivity index (χ1v) is 6.80. The van der Waals surface area contributed by atoms with Crippen molar-refractivity contribution in [3.63, 3.8) is 0 Å². The molecule has 18 heavy (non-hydrogen) atoms. The van der Waals surface area contributed by atoms with Gasteiger partial charge in [0.2, 0.25) is 5.91 Å². The zero-order valence-electron chi connectivity index (χ0n) is 11.5. The van der Waals surface area contributed by atoms with E-state index in [0.29, 0.717) is 26.2 Å². The number of carbonyl (C=O) groups is 1. The van der Waals surface area contributed by atoms with E-state index in [9.17, 15) is 4.79 Å². The molecule has 0 unspecified atom stereocenters. The van der Waals surface area contributed by atoms with E-state index in [4.69, 9.17) is 10.5 Å². The van der Waals surface area contributed by atoms with Crippen LogP contribution in [0.25, 0.3) is 0 Å². The van der Waals surface area contributed by atoms with Crippen LogP contribution in [0.2, 0.25) is 0 Å². The van der Waals surface area contributed by atoms with Gasteiger partial charge in [0, 0.05) is 18.5 Å². The van der Waals surface area contributed by atoms with E-state index in [1.807, 2.05) is 6.92 Å². The molecule has 0 heterocycles. The molecule has 4 nitrogen and oxygen atoms in total. The van der Waals surface area contributed by atoms with Gasteiger partial charge in [-0.1, -0.05) is 31.4 Å². The third-order valence-corrected chi connectivity index (χ3v) is 3.28. The van der Waals surface area contributed by atoms with E-state index >= 15 is 0 Å². The maximum Gasteiger partial charge on any atom is 0.221 e. The zero-order chi connectivity index (χ0) is 13.4. The minimum Gasteiger partial charge on any atom is -0.375 e. The number of hydrogen-bond acceptors (Lipinski definition) is 3. The molecular formula is C14H26N2O2. The molecule has 0 aromatic rings. The SMILES string of the molecule is C=C(C)COCCNC(=O)CC1(N)CCCCC1. The first-order chi connectivity index (χ1) is 8.52. The molecule has 0 aromatic heterocycles. The van der Waals surface area contributed by atoms with Gasteiger partial charge in [0.15, 0.2) is 0 Å². The first-order valence-electron chi connectivity index (χ1n) is 6.80. The second-order valence-electron chi connectivity index (χ2n) is 5.46. The Morgan fingerprint density at radius 2 is 2.06 bits per heavy atom. The van der Waals surface area contributed by atoms with Crippen molar-refractivity contribution in [1.29, 1.82) is 0 Å². The number of hydrogen-bond donors (Lipinski definition) is 2. The Morgan fingerprint density at radius 3 is 2.67 bits per heavy atom. The highest BCUT2D eigenvalue weighted by Gasteiger charge is 2.29. The molecule has 1 amide bonds. The van der Waals surface area contributed by atoms with Crippen molar-refractivity contribution in [2.24, 2.45) is 5.73 Å². The van der Waals surface area contributed by atoms with Crippen LogP contribution in [0.3, 0.4) is 0 Å². The van der Waals surface area contributed by atoms with Gasteiger partial charge in [-0.3, -0.25) is 4.79 Å². The third kappa shape index (κ3) is 6.17. The van der Waals surface area contributed by atoms with Gasteiger partial charge in [-0.05, 0) is 19.8 Å². The number of ether oxygens (including phenoxy) is 1. The molecule has 0 bridgehead atoms. The van der Waals surface area contributed by atoms with E-state index < -0.39 is 0 Å². The minimum absolute atomic E-state index is 0.0401. The second kappa shape index (κ2) is 7.54. The summed E-state index contributed by atoms with van der Waals surface area (Å²) in [7, 11) is 0. The quantitative estimate of drug-likeness (QED) is 0.537. The molecule has 0 spiro atoms. The molecular weight excluding hydrogens is 228 g/mol. The van der Waals surface area contributed by atoms with Crippen LogP contribution in [0, 0.1) is 0 Å². The molecule has 1 aliphatic rings. The van der Waals surface area contributed by atoms with Crippen molar-refractivity contribution in [3.8, 4) is 0 Å². The fraction of sp³-hybridized carbons (Fsp3) is 0.786. The summed E-state index contributed by atoms with van der Waals surface area (Å²) in [6, 6.07) is 0. The van der Waals surface area contributed by atoms with Gasteiger partial charge in [-0.15, -0.1) is 0 Å². The Morgan fingerprint density at radius 1 is 1.39 bits per heavy atom. The van der Waals surface area contributed by atoms with E-state index in [1.54, 1.807) is 0 Å². The summed E-state index contributed by atoms with van der Waals surface area (Å²) in [6.45, 7) is 7.28. The van der Waals surface area contributed by atoms with Crippen LogP contribution in [-0.4, -0.2) is 31.2 Å². The van der Waals surface area contributed by atoms with Crippen molar-refractivity contribution in [2.75, 3.05) is 19.8 Å². The van der Waals surface area contributed by atoms with Gasteiger partial charge >= 0.3 is 0 Å². The van der Waals surface area contributed by atoms with E-state index in [-0.39, 0.29) is 11.4 Å². The van der Waals surface area contributed by atoms with Gasteiger partial charge < -0.3 is 15.8 Å². The maximum atomic E-state index is 11.7. The van der Waals surface area contributed by atoms with Gasteiger partial charge in [0.25, 0.3) is 0 Å². The summed E-state index contributed by atoms with van der Waals surface area (Å²) in [6.07, 6.45) is 5.90. The lowest BCUT2D eigenvalue weighted by Crippen LogP contribution is -2.46.